The normalized spacial score (nSPS) is 10.1. The zero-order chi connectivity index (χ0) is 11.6. The molecule has 0 spiro atoms. The summed E-state index contributed by atoms with van der Waals surface area (Å²) in [7, 11) is 0. The van der Waals surface area contributed by atoms with Crippen LogP contribution >= 0.6 is 34.2 Å². The minimum absolute atomic E-state index is 0.254. The van der Waals surface area contributed by atoms with Crippen molar-refractivity contribution < 1.29 is 13.6 Å². The molecule has 0 N–H and O–H groups in total. The minimum atomic E-state index is -2.91. The molecule has 1 aromatic rings. The molecule has 0 bridgehead atoms. The van der Waals surface area contributed by atoms with Gasteiger partial charge in [-0.25, -0.2) is 13.8 Å². The molecule has 0 aliphatic rings. The summed E-state index contributed by atoms with van der Waals surface area (Å²) in [6, 6.07) is 2.74. The lowest BCUT2D eigenvalue weighted by atomic mass is 10.2. The maximum Gasteiger partial charge on any atom is 0.281 e. The Morgan fingerprint density at radius 2 is 2.27 bits per heavy atom. The molecule has 0 saturated carbocycles. The van der Waals surface area contributed by atoms with Crippen molar-refractivity contribution in [2.75, 3.05) is 0 Å². The van der Waals surface area contributed by atoms with E-state index in [9.17, 15) is 13.6 Å². The maximum absolute atomic E-state index is 12.4. The molecule has 3 nitrogen and oxygen atoms in total. The fraction of sp³-hybridized carbons (Fsp3) is 0.125. The van der Waals surface area contributed by atoms with Crippen molar-refractivity contribution in [1.29, 1.82) is 5.26 Å². The van der Waals surface area contributed by atoms with Crippen LogP contribution in [0.3, 0.4) is 0 Å². The van der Waals surface area contributed by atoms with E-state index in [1.165, 1.54) is 0 Å². The SMILES string of the molecule is N#Cc1cc(I)c(C(=O)Cl)nc1C(F)F. The summed E-state index contributed by atoms with van der Waals surface area (Å²) in [5.41, 5.74) is -1.23. The fourth-order valence-electron chi connectivity index (χ4n) is 0.897. The Balaban J connectivity index is 3.45. The second-order valence-corrected chi connectivity index (χ2v) is 3.94. The molecule has 0 fully saturated rings. The zero-order valence-corrected chi connectivity index (χ0v) is 9.88. The number of pyridine rings is 1. The predicted molar refractivity (Wildman–Crippen MR) is 56.8 cm³/mol. The quantitative estimate of drug-likeness (QED) is 0.613. The first-order valence-corrected chi connectivity index (χ1v) is 5.01. The van der Waals surface area contributed by atoms with E-state index in [1.54, 1.807) is 28.7 Å². The van der Waals surface area contributed by atoms with Gasteiger partial charge in [-0.05, 0) is 40.3 Å². The molecule has 78 valence electrons. The van der Waals surface area contributed by atoms with Crippen LogP contribution in [0.5, 0.6) is 0 Å². The van der Waals surface area contributed by atoms with Gasteiger partial charge in [0.25, 0.3) is 11.7 Å². The summed E-state index contributed by atoms with van der Waals surface area (Å²) in [6.45, 7) is 0. The summed E-state index contributed by atoms with van der Waals surface area (Å²) < 4.78 is 25.1. The van der Waals surface area contributed by atoms with Crippen LogP contribution in [0.1, 0.15) is 28.2 Å². The number of hydrogen-bond acceptors (Lipinski definition) is 3. The molecule has 0 saturated heterocycles. The molecular weight excluding hydrogens is 340 g/mol. The maximum atomic E-state index is 12.4. The molecule has 0 radical (unpaired) electrons. The highest BCUT2D eigenvalue weighted by molar-refractivity contribution is 14.1. The Hall–Kier alpha value is -0.810. The van der Waals surface area contributed by atoms with E-state index < -0.39 is 17.4 Å². The van der Waals surface area contributed by atoms with Gasteiger partial charge in [0, 0.05) is 3.57 Å². The first kappa shape index (κ1) is 12.3. The van der Waals surface area contributed by atoms with Crippen molar-refractivity contribution in [3.63, 3.8) is 0 Å². The van der Waals surface area contributed by atoms with Crippen molar-refractivity contribution in [1.82, 2.24) is 4.98 Å². The molecule has 0 aliphatic heterocycles. The van der Waals surface area contributed by atoms with Crippen LogP contribution in [-0.4, -0.2) is 10.2 Å². The number of hydrogen-bond donors (Lipinski definition) is 0. The first-order valence-electron chi connectivity index (χ1n) is 3.56. The third-order valence-corrected chi connectivity index (χ3v) is 2.52. The van der Waals surface area contributed by atoms with Crippen molar-refractivity contribution in [2.24, 2.45) is 0 Å². The molecule has 0 amide bonds. The summed E-state index contributed by atoms with van der Waals surface area (Å²) in [6.07, 6.45) is -2.91. The fourth-order valence-corrected chi connectivity index (χ4v) is 1.88. The topological polar surface area (TPSA) is 53.8 Å². The number of alkyl halides is 2. The van der Waals surface area contributed by atoms with E-state index in [4.69, 9.17) is 16.9 Å². The first-order chi connectivity index (χ1) is 6.97. The number of aromatic nitrogens is 1. The third-order valence-electron chi connectivity index (χ3n) is 1.52. The third kappa shape index (κ3) is 2.60. The second kappa shape index (κ2) is 4.81. The van der Waals surface area contributed by atoms with E-state index >= 15 is 0 Å². The smallest absolute Gasteiger partial charge is 0.274 e. The number of carbonyl (C=O) groups excluding carboxylic acids is 1. The van der Waals surface area contributed by atoms with E-state index in [1.807, 2.05) is 0 Å². The van der Waals surface area contributed by atoms with Crippen LogP contribution in [-0.2, 0) is 0 Å². The van der Waals surface area contributed by atoms with Crippen LogP contribution in [0.15, 0.2) is 6.07 Å². The predicted octanol–water partition coefficient (Wildman–Crippen LogP) is 2.87. The lowest BCUT2D eigenvalue weighted by Gasteiger charge is -2.04. The molecule has 7 heteroatoms. The average Bonchev–Trinajstić information content (AvgIpc) is 2.16. The van der Waals surface area contributed by atoms with Gasteiger partial charge in [0.2, 0.25) is 0 Å². The van der Waals surface area contributed by atoms with Gasteiger partial charge in [-0.1, -0.05) is 0 Å². The molecule has 0 aromatic carbocycles. The van der Waals surface area contributed by atoms with E-state index in [2.05, 4.69) is 4.98 Å². The molecule has 0 atom stereocenters. The van der Waals surface area contributed by atoms with Gasteiger partial charge < -0.3 is 0 Å². The number of nitriles is 1. The van der Waals surface area contributed by atoms with Crippen molar-refractivity contribution >= 4 is 39.4 Å². The van der Waals surface area contributed by atoms with Crippen LogP contribution in [0, 0.1) is 14.9 Å². The molecule has 1 heterocycles. The van der Waals surface area contributed by atoms with E-state index in [0.29, 0.717) is 0 Å². The summed E-state index contributed by atoms with van der Waals surface area (Å²) in [5.74, 6) is 0. The van der Waals surface area contributed by atoms with Crippen molar-refractivity contribution in [3.8, 4) is 6.07 Å². The van der Waals surface area contributed by atoms with Gasteiger partial charge in [-0.2, -0.15) is 5.26 Å². The van der Waals surface area contributed by atoms with Crippen molar-refractivity contribution in [3.05, 3.63) is 26.6 Å². The largest absolute Gasteiger partial charge is 0.281 e. The molecule has 0 unspecified atom stereocenters. The highest BCUT2D eigenvalue weighted by atomic mass is 127. The van der Waals surface area contributed by atoms with Gasteiger partial charge >= 0.3 is 0 Å². The van der Waals surface area contributed by atoms with Crippen LogP contribution in [0.4, 0.5) is 8.78 Å². The Morgan fingerprint density at radius 1 is 1.67 bits per heavy atom. The molecular formula is C8H2ClF2IN2O. The zero-order valence-electron chi connectivity index (χ0n) is 6.97. The molecule has 1 rings (SSSR count). The molecule has 0 aliphatic carbocycles. The Labute approximate surface area is 102 Å². The van der Waals surface area contributed by atoms with Gasteiger partial charge in [-0.15, -0.1) is 0 Å². The number of halogens is 4. The molecule has 1 aromatic heterocycles. The number of rotatable bonds is 2. The summed E-state index contributed by atoms with van der Waals surface area (Å²) in [4.78, 5) is 14.2. The monoisotopic (exact) mass is 342 g/mol. The average molecular weight is 342 g/mol. The highest BCUT2D eigenvalue weighted by Crippen LogP contribution is 2.24. The molecule has 15 heavy (non-hydrogen) atoms. The number of carbonyl (C=O) groups is 1. The minimum Gasteiger partial charge on any atom is -0.274 e. The Bertz CT molecular complexity index is 459. The standard InChI is InChI=1S/C8H2ClF2IN2O/c9-7(15)6-4(12)1-3(2-13)5(14-6)8(10)11/h1,8H. The van der Waals surface area contributed by atoms with Gasteiger partial charge in [0.05, 0.1) is 5.56 Å². The van der Waals surface area contributed by atoms with E-state index in [-0.39, 0.29) is 14.8 Å². The van der Waals surface area contributed by atoms with Crippen LogP contribution in [0.25, 0.3) is 0 Å². The van der Waals surface area contributed by atoms with Crippen LogP contribution in [0.2, 0.25) is 0 Å². The van der Waals surface area contributed by atoms with Crippen molar-refractivity contribution in [2.45, 2.75) is 6.43 Å². The second-order valence-electron chi connectivity index (χ2n) is 2.44. The number of nitrogens with zero attached hydrogens (tertiary/aromatic N) is 2. The van der Waals surface area contributed by atoms with Gasteiger partial charge in [-0.3, -0.25) is 4.79 Å². The van der Waals surface area contributed by atoms with Gasteiger partial charge in [0.1, 0.15) is 17.5 Å². The van der Waals surface area contributed by atoms with E-state index in [0.717, 1.165) is 6.07 Å². The highest BCUT2D eigenvalue weighted by Gasteiger charge is 2.20. The van der Waals surface area contributed by atoms with Crippen LogP contribution < -0.4 is 0 Å². The Morgan fingerprint density at radius 3 is 2.67 bits per heavy atom. The lowest BCUT2D eigenvalue weighted by molar-refractivity contribution is 0.107. The lowest BCUT2D eigenvalue weighted by Crippen LogP contribution is -2.05. The summed E-state index contributed by atoms with van der Waals surface area (Å²) in [5, 5.41) is 7.65. The summed E-state index contributed by atoms with van der Waals surface area (Å²) >= 11 is 6.85. The van der Waals surface area contributed by atoms with Gasteiger partial charge in [0.15, 0.2) is 0 Å². The Kier molecular flexibility index (Phi) is 3.93.